The third-order valence-corrected chi connectivity index (χ3v) is 23.0. The number of anilines is 10. The van der Waals surface area contributed by atoms with Gasteiger partial charge in [0, 0.05) is 170 Å². The number of H-pyrrole nitrogens is 5. The zero-order valence-electron chi connectivity index (χ0n) is 72.3. The standard InChI is InChI=1S/C22H19F2N5O.C21H20N6.2C19H17F2N5.C17H13F2N5/c1-29(15-11-22(23,24)12-15)21(30)17-5-2-4-13-10-14(7-8-16(13)17)26-20-19-18(27-28-20)6-3-9-25-19;1-27-11-7-14(8-12-27)19-17-5-4-16(13-15(17)6-10-23-19)24-21-20-18(25-26-21)3-2-9-22-20;1-2-8-19(20,21)17-14-6-5-13(11-12(14)7-10-23-17)24-18-16-15(25-26-18)4-3-9-22-16;1-2-8-19(20,21)16-14-6-5-13(11-12(14)7-10-22-16)24-18-15-4-3-9-23-17(15)25-26-18;1-17(18,19)15-12-5-4-11(9-10(12)6-8-21-15)22-16-14-13(23-24-16)3-2-7-20-14/h2-10,15H,11-12H2,1H3,(H2,26,27,28);2-7,9-10,13H,8,11-12H2,1H3,(H2,24,25,26);3-7,9-11H,2,8H2,1H3,(H2,24,25,26);3-7,9-11H,2,8H2,1H3,(H2,23,24,25,26);2-9H,1H3,(H2,22,23,24). The van der Waals surface area contributed by atoms with Gasteiger partial charge in [0.15, 0.2) is 28.9 Å². The van der Waals surface area contributed by atoms with Crippen LogP contribution in [-0.2, 0) is 17.8 Å². The van der Waals surface area contributed by atoms with Gasteiger partial charge in [0.2, 0.25) is 0 Å². The molecule has 133 heavy (non-hydrogen) atoms. The molecular formula is C98H86F8N26O. The Hall–Kier alpha value is -16.1. The molecule has 20 aromatic rings. The number of fused-ring (bicyclic) bond motifs is 10. The molecule has 0 atom stereocenters. The Bertz CT molecular complexity index is 7520. The molecule has 6 aromatic carbocycles. The molecule has 670 valence electrons. The Morgan fingerprint density at radius 1 is 0.429 bits per heavy atom. The van der Waals surface area contributed by atoms with E-state index in [-0.39, 0.29) is 48.7 Å². The van der Waals surface area contributed by atoms with E-state index in [0.717, 1.165) is 127 Å². The Balaban J connectivity index is 0.000000111. The summed E-state index contributed by atoms with van der Waals surface area (Å²) in [4.78, 5) is 54.6. The van der Waals surface area contributed by atoms with Gasteiger partial charge in [0.05, 0.1) is 33.1 Å². The molecule has 15 heterocycles. The largest absolute Gasteiger partial charge is 0.340 e. The van der Waals surface area contributed by atoms with E-state index >= 15 is 0 Å². The number of alkyl halides is 8. The average molecular weight is 1800 g/mol. The number of amides is 1. The first-order chi connectivity index (χ1) is 64.4. The number of benzene rings is 6. The van der Waals surface area contributed by atoms with Crippen LogP contribution in [0.4, 0.5) is 92.6 Å². The average Bonchev–Trinajstić information content (AvgIpc) is 1.77. The quantitative estimate of drug-likeness (QED) is 0.0317. The van der Waals surface area contributed by atoms with Crippen LogP contribution in [0.2, 0.25) is 0 Å². The molecule has 1 saturated carbocycles. The lowest BCUT2D eigenvalue weighted by molar-refractivity contribution is -0.112. The number of nitrogens with zero attached hydrogens (tertiary/aromatic N) is 16. The van der Waals surface area contributed by atoms with Crippen LogP contribution in [0.5, 0.6) is 0 Å². The van der Waals surface area contributed by atoms with Crippen molar-refractivity contribution >= 4 is 178 Å². The minimum Gasteiger partial charge on any atom is -0.340 e. The van der Waals surface area contributed by atoms with Crippen LogP contribution in [0, 0.1) is 0 Å². The van der Waals surface area contributed by atoms with E-state index in [0.29, 0.717) is 85.2 Å². The van der Waals surface area contributed by atoms with Gasteiger partial charge < -0.3 is 36.4 Å². The lowest BCUT2D eigenvalue weighted by atomic mass is 9.86. The number of carbonyl (C=O) groups excluding carboxylic acids is 1. The molecular weight excluding hydrogens is 1710 g/mol. The number of pyridine rings is 9. The van der Waals surface area contributed by atoms with Crippen molar-refractivity contribution in [1.82, 2.24) is 106 Å². The van der Waals surface area contributed by atoms with Crippen LogP contribution in [0.15, 0.2) is 256 Å². The van der Waals surface area contributed by atoms with Crippen LogP contribution >= 0.6 is 0 Å². The molecule has 0 spiro atoms. The monoisotopic (exact) mass is 1790 g/mol. The molecule has 27 nitrogen and oxygen atoms in total. The van der Waals surface area contributed by atoms with Gasteiger partial charge in [-0.2, -0.15) is 51.8 Å². The molecule has 1 amide bonds. The fourth-order valence-corrected chi connectivity index (χ4v) is 16.3. The summed E-state index contributed by atoms with van der Waals surface area (Å²) in [7, 11) is 3.74. The number of rotatable bonds is 20. The summed E-state index contributed by atoms with van der Waals surface area (Å²) >= 11 is 0. The minimum absolute atomic E-state index is 0.167. The normalized spacial score (nSPS) is 13.5. The van der Waals surface area contributed by atoms with Gasteiger partial charge in [-0.25, -0.2) is 13.8 Å². The second kappa shape index (κ2) is 37.2. The zero-order chi connectivity index (χ0) is 92.1. The molecule has 22 rings (SSSR count). The minimum atomic E-state index is -2.99. The van der Waals surface area contributed by atoms with Crippen LogP contribution in [0.25, 0.3) is 115 Å². The molecule has 1 fully saturated rings. The van der Waals surface area contributed by atoms with E-state index in [1.807, 2.05) is 103 Å². The summed E-state index contributed by atoms with van der Waals surface area (Å²) < 4.78 is 111. The van der Waals surface area contributed by atoms with Crippen LogP contribution in [-0.4, -0.2) is 151 Å². The highest BCUT2D eigenvalue weighted by Crippen LogP contribution is 2.44. The van der Waals surface area contributed by atoms with Crippen molar-refractivity contribution in [3.05, 3.63) is 284 Å². The SMILES string of the molecule is CC(F)(F)c1nccc2cc(Nc3n[nH]c4cccnc34)ccc12.CCCC(F)(F)c1nccc2cc(Nc3[nH]nc4ncccc34)ccc12.CCCC(F)(F)c1nccc2cc(Nc3n[nH]c4cccnc34)ccc12.CN(C(=O)c1cccc2cc(Nc3n[nH]c4cccnc34)ccc12)C1CC(F)(F)C1.CN1CC=C(c2nccc3cc(Nc4n[nH]c5cccnc45)ccc23)CC1. The van der Waals surface area contributed by atoms with Crippen molar-refractivity contribution < 1.29 is 39.9 Å². The van der Waals surface area contributed by atoms with E-state index in [1.54, 1.807) is 125 Å². The van der Waals surface area contributed by atoms with Crippen molar-refractivity contribution in [2.45, 2.75) is 95.4 Å². The molecule has 10 N–H and O–H groups in total. The van der Waals surface area contributed by atoms with Gasteiger partial charge in [-0.05, 0) is 203 Å². The molecule has 1 aliphatic carbocycles. The van der Waals surface area contributed by atoms with Crippen molar-refractivity contribution in [2.75, 3.05) is 53.8 Å². The lowest BCUT2D eigenvalue weighted by Gasteiger charge is -2.40. The lowest BCUT2D eigenvalue weighted by Crippen LogP contribution is -2.51. The topological polar surface area (TPSA) is 343 Å². The molecule has 2 aliphatic rings. The number of likely N-dealkylation sites (N-methyl/N-ethyl adjacent to an activating group) is 1. The number of halogens is 8. The van der Waals surface area contributed by atoms with Crippen LogP contribution in [0.3, 0.4) is 0 Å². The number of aromatic amines is 5. The summed E-state index contributed by atoms with van der Waals surface area (Å²) in [5.41, 5.74) is 13.4. The summed E-state index contributed by atoms with van der Waals surface area (Å²) in [5, 5.41) is 60.3. The number of nitrogens with one attached hydrogen (secondary N) is 10. The van der Waals surface area contributed by atoms with Gasteiger partial charge in [-0.3, -0.25) is 70.2 Å². The number of aromatic nitrogens is 19. The van der Waals surface area contributed by atoms with Gasteiger partial charge in [-0.15, -0.1) is 0 Å². The molecule has 0 unspecified atom stereocenters. The van der Waals surface area contributed by atoms with Gasteiger partial charge >= 0.3 is 0 Å². The Labute approximate surface area is 753 Å². The number of hydrogen-bond acceptors (Lipinski definition) is 21. The number of carbonyl (C=O) groups is 1. The first-order valence-corrected chi connectivity index (χ1v) is 42.9. The van der Waals surface area contributed by atoms with Crippen molar-refractivity contribution in [1.29, 1.82) is 0 Å². The smallest absolute Gasteiger partial charge is 0.290 e. The van der Waals surface area contributed by atoms with Crippen molar-refractivity contribution in [3.63, 3.8) is 0 Å². The van der Waals surface area contributed by atoms with Crippen LogP contribution in [0.1, 0.15) is 98.9 Å². The maximum atomic E-state index is 14.4. The van der Waals surface area contributed by atoms with E-state index in [4.69, 9.17) is 0 Å². The van der Waals surface area contributed by atoms with Crippen LogP contribution < -0.4 is 26.6 Å². The first kappa shape index (κ1) is 87.6. The highest BCUT2D eigenvalue weighted by Gasteiger charge is 2.48. The highest BCUT2D eigenvalue weighted by molar-refractivity contribution is 6.08. The van der Waals surface area contributed by atoms with Gasteiger partial charge in [0.25, 0.3) is 29.6 Å². The van der Waals surface area contributed by atoms with E-state index in [2.05, 4.69) is 165 Å². The fourth-order valence-electron chi connectivity index (χ4n) is 16.3. The number of hydrogen-bond donors (Lipinski definition) is 10. The Morgan fingerprint density at radius 2 is 0.820 bits per heavy atom. The van der Waals surface area contributed by atoms with E-state index < -0.39 is 29.7 Å². The summed E-state index contributed by atoms with van der Waals surface area (Å²) in [5.74, 6) is -8.55. The summed E-state index contributed by atoms with van der Waals surface area (Å²) in [6.45, 7) is 6.38. The fraction of sp³-hybridized carbons (Fsp3) is 0.194. The molecule has 0 saturated heterocycles. The third-order valence-electron chi connectivity index (χ3n) is 23.0. The van der Waals surface area contributed by atoms with Crippen molar-refractivity contribution in [3.8, 4) is 0 Å². The molecule has 14 aromatic heterocycles. The summed E-state index contributed by atoms with van der Waals surface area (Å²) in [6.07, 6.45) is 17.8. The predicted octanol–water partition coefficient (Wildman–Crippen LogP) is 23.3. The zero-order valence-corrected chi connectivity index (χ0v) is 72.3. The first-order valence-electron chi connectivity index (χ1n) is 42.9. The second-order valence-electron chi connectivity index (χ2n) is 32.5. The third kappa shape index (κ3) is 19.1. The predicted molar refractivity (Wildman–Crippen MR) is 504 cm³/mol. The van der Waals surface area contributed by atoms with E-state index in [1.165, 1.54) is 34.4 Å². The molecule has 1 aliphatic heterocycles. The van der Waals surface area contributed by atoms with Crippen molar-refractivity contribution in [2.24, 2.45) is 0 Å². The Kier molecular flexibility index (Phi) is 24.5. The second-order valence-corrected chi connectivity index (χ2v) is 32.5. The van der Waals surface area contributed by atoms with Gasteiger partial charge in [0.1, 0.15) is 45.0 Å². The molecule has 35 heteroatoms. The highest BCUT2D eigenvalue weighted by atomic mass is 19.3. The van der Waals surface area contributed by atoms with E-state index in [9.17, 15) is 39.9 Å². The maximum absolute atomic E-state index is 14.4. The summed E-state index contributed by atoms with van der Waals surface area (Å²) in [6, 6.07) is 58.6. The molecule has 0 radical (unpaired) electrons. The van der Waals surface area contributed by atoms with Gasteiger partial charge in [-0.1, -0.05) is 75.2 Å². The maximum Gasteiger partial charge on any atom is 0.290 e. The Morgan fingerprint density at radius 3 is 1.25 bits per heavy atom. The molecule has 0 bridgehead atoms.